The Labute approximate surface area is 119 Å². The Kier molecular flexibility index (Phi) is 4.08. The summed E-state index contributed by atoms with van der Waals surface area (Å²) in [5.41, 5.74) is -1.80. The second-order valence-corrected chi connectivity index (χ2v) is 5.21. The lowest BCUT2D eigenvalue weighted by Crippen LogP contribution is -2.40. The van der Waals surface area contributed by atoms with Crippen molar-refractivity contribution in [2.24, 2.45) is 0 Å². The van der Waals surface area contributed by atoms with Crippen LogP contribution in [0.15, 0.2) is 12.1 Å². The number of halogens is 1. The van der Waals surface area contributed by atoms with E-state index in [1.807, 2.05) is 6.92 Å². The standard InChI is InChI=1S/C13H15FN2O5/c1-13(2-4-21-5-3-13)15-10-6-8(12(17)18)11(16(19)20)7-9(10)14/h6-7,15H,2-5H2,1H3,(H,17,18). The van der Waals surface area contributed by atoms with E-state index in [0.29, 0.717) is 32.1 Å². The molecular formula is C13H15FN2O5. The summed E-state index contributed by atoms with van der Waals surface area (Å²) in [5, 5.41) is 22.8. The van der Waals surface area contributed by atoms with Crippen LogP contribution in [-0.4, -0.2) is 34.8 Å². The summed E-state index contributed by atoms with van der Waals surface area (Å²) in [6.07, 6.45) is 1.26. The van der Waals surface area contributed by atoms with Gasteiger partial charge in [0.25, 0.3) is 5.69 Å². The summed E-state index contributed by atoms with van der Waals surface area (Å²) in [7, 11) is 0. The zero-order chi connectivity index (χ0) is 15.6. The molecule has 1 saturated heterocycles. The number of nitrogens with one attached hydrogen (secondary N) is 1. The Balaban J connectivity index is 2.38. The van der Waals surface area contributed by atoms with Crippen molar-refractivity contribution in [3.63, 3.8) is 0 Å². The average Bonchev–Trinajstić information content (AvgIpc) is 2.40. The van der Waals surface area contributed by atoms with Gasteiger partial charge in [-0.1, -0.05) is 0 Å². The molecule has 1 aromatic rings. The smallest absolute Gasteiger partial charge is 0.342 e. The lowest BCUT2D eigenvalue weighted by molar-refractivity contribution is -0.385. The van der Waals surface area contributed by atoms with Crippen LogP contribution >= 0.6 is 0 Å². The number of ether oxygens (including phenoxy) is 1. The molecule has 7 nitrogen and oxygen atoms in total. The fourth-order valence-electron chi connectivity index (χ4n) is 2.25. The van der Waals surface area contributed by atoms with E-state index in [-0.39, 0.29) is 5.69 Å². The predicted molar refractivity (Wildman–Crippen MR) is 72.1 cm³/mol. The van der Waals surface area contributed by atoms with Gasteiger partial charge in [-0.05, 0) is 25.8 Å². The van der Waals surface area contributed by atoms with Crippen molar-refractivity contribution < 1.29 is 24.0 Å². The minimum Gasteiger partial charge on any atom is -0.477 e. The number of rotatable bonds is 4. The van der Waals surface area contributed by atoms with E-state index < -0.39 is 33.5 Å². The molecule has 0 atom stereocenters. The van der Waals surface area contributed by atoms with Gasteiger partial charge in [0.15, 0.2) is 5.82 Å². The number of nitro groups is 1. The number of nitro benzene ring substituents is 1. The highest BCUT2D eigenvalue weighted by atomic mass is 19.1. The number of hydrogen-bond donors (Lipinski definition) is 2. The van der Waals surface area contributed by atoms with Gasteiger partial charge in [-0.3, -0.25) is 10.1 Å². The molecule has 0 saturated carbocycles. The third-order valence-electron chi connectivity index (χ3n) is 3.55. The molecule has 1 heterocycles. The van der Waals surface area contributed by atoms with Crippen LogP contribution in [0.5, 0.6) is 0 Å². The van der Waals surface area contributed by atoms with Crippen molar-refractivity contribution in [3.8, 4) is 0 Å². The molecule has 0 radical (unpaired) electrons. The molecule has 0 unspecified atom stereocenters. The summed E-state index contributed by atoms with van der Waals surface area (Å²) in [6.45, 7) is 2.91. The van der Waals surface area contributed by atoms with Gasteiger partial charge < -0.3 is 15.2 Å². The molecule has 1 fully saturated rings. The molecule has 2 N–H and O–H groups in total. The number of carbonyl (C=O) groups is 1. The Hall–Kier alpha value is -2.22. The summed E-state index contributed by atoms with van der Waals surface area (Å²) in [4.78, 5) is 21.0. The van der Waals surface area contributed by atoms with Crippen LogP contribution in [0.2, 0.25) is 0 Å². The van der Waals surface area contributed by atoms with E-state index in [9.17, 15) is 19.3 Å². The van der Waals surface area contributed by atoms with E-state index in [1.54, 1.807) is 0 Å². The minimum absolute atomic E-state index is 0.0533. The maximum absolute atomic E-state index is 14.0. The van der Waals surface area contributed by atoms with Crippen molar-refractivity contribution >= 4 is 17.3 Å². The summed E-state index contributed by atoms with van der Waals surface area (Å²) < 4.78 is 19.2. The number of aromatic carboxylic acids is 1. The Morgan fingerprint density at radius 3 is 2.62 bits per heavy atom. The van der Waals surface area contributed by atoms with Crippen molar-refractivity contribution in [2.45, 2.75) is 25.3 Å². The summed E-state index contributed by atoms with van der Waals surface area (Å²) in [6, 6.07) is 1.60. The number of carboxylic acid groups (broad SMARTS) is 1. The molecule has 0 bridgehead atoms. The number of hydrogen-bond acceptors (Lipinski definition) is 5. The Morgan fingerprint density at radius 1 is 1.48 bits per heavy atom. The first-order chi connectivity index (χ1) is 9.82. The topological polar surface area (TPSA) is 102 Å². The zero-order valence-electron chi connectivity index (χ0n) is 11.4. The van der Waals surface area contributed by atoms with Crippen LogP contribution in [-0.2, 0) is 4.74 Å². The van der Waals surface area contributed by atoms with Crippen LogP contribution in [0.1, 0.15) is 30.1 Å². The van der Waals surface area contributed by atoms with E-state index >= 15 is 0 Å². The quantitative estimate of drug-likeness (QED) is 0.653. The van der Waals surface area contributed by atoms with Crippen molar-refractivity contribution in [1.29, 1.82) is 0 Å². The van der Waals surface area contributed by atoms with Crippen LogP contribution in [0.4, 0.5) is 15.8 Å². The third-order valence-corrected chi connectivity index (χ3v) is 3.55. The normalized spacial score (nSPS) is 17.2. The third kappa shape index (κ3) is 3.27. The van der Waals surface area contributed by atoms with E-state index in [4.69, 9.17) is 9.84 Å². The van der Waals surface area contributed by atoms with E-state index in [2.05, 4.69) is 5.32 Å². The van der Waals surface area contributed by atoms with Crippen LogP contribution in [0, 0.1) is 15.9 Å². The monoisotopic (exact) mass is 298 g/mol. The maximum atomic E-state index is 14.0. The highest BCUT2D eigenvalue weighted by molar-refractivity contribution is 5.93. The summed E-state index contributed by atoms with van der Waals surface area (Å²) >= 11 is 0. The Morgan fingerprint density at radius 2 is 2.10 bits per heavy atom. The number of nitrogens with zero attached hydrogens (tertiary/aromatic N) is 1. The Bertz CT molecular complexity index is 584. The average molecular weight is 298 g/mol. The lowest BCUT2D eigenvalue weighted by Gasteiger charge is -2.35. The first-order valence-electron chi connectivity index (χ1n) is 6.39. The second kappa shape index (κ2) is 5.65. The number of carboxylic acids is 1. The van der Waals surface area contributed by atoms with Crippen LogP contribution < -0.4 is 5.32 Å². The molecule has 21 heavy (non-hydrogen) atoms. The molecule has 0 aliphatic carbocycles. The first-order valence-corrected chi connectivity index (χ1v) is 6.39. The first kappa shape index (κ1) is 15.2. The van der Waals surface area contributed by atoms with E-state index in [0.717, 1.165) is 6.07 Å². The van der Waals surface area contributed by atoms with Gasteiger partial charge in [-0.25, -0.2) is 9.18 Å². The largest absolute Gasteiger partial charge is 0.477 e. The van der Waals surface area contributed by atoms with Gasteiger partial charge in [0, 0.05) is 18.8 Å². The van der Waals surface area contributed by atoms with Crippen LogP contribution in [0.3, 0.4) is 0 Å². The minimum atomic E-state index is -1.47. The van der Waals surface area contributed by atoms with Crippen molar-refractivity contribution in [1.82, 2.24) is 0 Å². The molecule has 8 heteroatoms. The van der Waals surface area contributed by atoms with Gasteiger partial charge in [0.05, 0.1) is 16.7 Å². The van der Waals surface area contributed by atoms with E-state index in [1.165, 1.54) is 0 Å². The molecule has 1 aliphatic heterocycles. The van der Waals surface area contributed by atoms with Gasteiger partial charge in [0.2, 0.25) is 0 Å². The summed E-state index contributed by atoms with van der Waals surface area (Å²) in [5.74, 6) is -2.32. The van der Waals surface area contributed by atoms with Crippen LogP contribution in [0.25, 0.3) is 0 Å². The molecule has 2 rings (SSSR count). The number of anilines is 1. The lowest BCUT2D eigenvalue weighted by atomic mass is 9.92. The molecule has 1 aromatic carbocycles. The van der Waals surface area contributed by atoms with Gasteiger partial charge in [0.1, 0.15) is 5.56 Å². The van der Waals surface area contributed by atoms with Crippen molar-refractivity contribution in [3.05, 3.63) is 33.6 Å². The van der Waals surface area contributed by atoms with Gasteiger partial charge >= 0.3 is 5.97 Å². The highest BCUT2D eigenvalue weighted by Gasteiger charge is 2.30. The van der Waals surface area contributed by atoms with Gasteiger partial charge in [-0.2, -0.15) is 0 Å². The zero-order valence-corrected chi connectivity index (χ0v) is 11.4. The second-order valence-electron chi connectivity index (χ2n) is 5.21. The highest BCUT2D eigenvalue weighted by Crippen LogP contribution is 2.31. The molecule has 0 aromatic heterocycles. The molecule has 114 valence electrons. The molecule has 0 spiro atoms. The molecule has 1 aliphatic rings. The van der Waals surface area contributed by atoms with Gasteiger partial charge in [-0.15, -0.1) is 0 Å². The maximum Gasteiger partial charge on any atom is 0.342 e. The number of benzene rings is 1. The molecule has 0 amide bonds. The molecular weight excluding hydrogens is 283 g/mol. The fraction of sp³-hybridized carbons (Fsp3) is 0.462. The predicted octanol–water partition coefficient (Wildman–Crippen LogP) is 2.41. The van der Waals surface area contributed by atoms with Crippen molar-refractivity contribution in [2.75, 3.05) is 18.5 Å². The fourth-order valence-corrected chi connectivity index (χ4v) is 2.25. The SMILES string of the molecule is CC1(Nc2cc(C(=O)O)c([N+](=O)[O-])cc2F)CCOCC1.